The molecule has 0 amide bonds. The van der Waals surface area contributed by atoms with E-state index in [4.69, 9.17) is 50.6 Å². The third-order valence-electron chi connectivity index (χ3n) is 4.72. The van der Waals surface area contributed by atoms with Gasteiger partial charge in [0.05, 0.1) is 8.52 Å². The summed E-state index contributed by atoms with van der Waals surface area (Å²) in [4.78, 5) is 35.2. The molecule has 5 rings (SSSR count). The molecule has 0 spiro atoms. The van der Waals surface area contributed by atoms with Gasteiger partial charge in [-0.25, -0.2) is 18.7 Å². The van der Waals surface area contributed by atoms with Crippen LogP contribution in [0.1, 0.15) is 18.7 Å². The van der Waals surface area contributed by atoms with Crippen LogP contribution in [-0.4, -0.2) is 34.4 Å². The molecule has 0 aliphatic heterocycles. The number of aromatic nitrogens is 3. The second-order valence-corrected chi connectivity index (χ2v) is 8.51. The van der Waals surface area contributed by atoms with Crippen molar-refractivity contribution >= 4 is 58.3 Å². The third-order valence-corrected chi connectivity index (χ3v) is 5.47. The number of hydrogen-bond acceptors (Lipinski definition) is 8. The molecule has 2 aromatic carbocycles. The number of alkyl halides is 1. The fourth-order valence-electron chi connectivity index (χ4n) is 3.05. The van der Waals surface area contributed by atoms with Gasteiger partial charge in [-0.1, -0.05) is 59.1 Å². The number of fused-ring (bicyclic) bond motifs is 1. The minimum atomic E-state index is -1.00. The van der Waals surface area contributed by atoms with Gasteiger partial charge in [0.2, 0.25) is 11.6 Å². The average Bonchev–Trinajstić information content (AvgIpc) is 3.39. The Bertz CT molecular complexity index is 1650. The van der Waals surface area contributed by atoms with Crippen molar-refractivity contribution in [1.29, 1.82) is 0 Å². The van der Waals surface area contributed by atoms with Crippen LogP contribution in [0.25, 0.3) is 22.7 Å². The largest absolute Gasteiger partial charge is 1.00 e. The number of Topliss-reactive ketones (excluding diaryl/α,β-unsaturated/α-hetero) is 1. The average molecular weight is 676 g/mol. The van der Waals surface area contributed by atoms with E-state index >= 15 is 0 Å². The van der Waals surface area contributed by atoms with E-state index < -0.39 is 13.0 Å². The molecule has 0 saturated heterocycles. The van der Waals surface area contributed by atoms with E-state index in [1.807, 2.05) is 0 Å². The number of halogens is 6. The molecular formula is C27H19Cl3F3N3Na2O5. The van der Waals surface area contributed by atoms with E-state index in [0.29, 0.717) is 39.0 Å². The van der Waals surface area contributed by atoms with Gasteiger partial charge in [0.1, 0.15) is 32.6 Å². The Morgan fingerprint density at radius 2 is 1.56 bits per heavy atom. The van der Waals surface area contributed by atoms with Crippen LogP contribution in [-0.2, 0) is 16.1 Å². The van der Waals surface area contributed by atoms with E-state index in [-0.39, 0.29) is 95.3 Å². The standard InChI is InChI=1S/C13H8Cl2FNO.C12H6ClFN2O.CH3F.CH2O3.2Na.H/c14-12-5-4-9(13(15)17-12)7-11(18)8-2-1-3-10(16)6-8;13-10-5-4-9-12(16-10)17-11(15-9)7-2-1-3-8(14)6-7;1-2;2-1-4-3;;;/h1-6H,7H2;1-6H;1H3;1,3H;;;/q;;;;2*+1;-1/p-1/i;;1D;;;;. The molecule has 8 nitrogen and oxygen atoms in total. The van der Waals surface area contributed by atoms with Gasteiger partial charge in [-0.3, -0.25) is 14.0 Å². The number of carbonyl (C=O) groups excluding carboxylic acids is 2. The predicted octanol–water partition coefficient (Wildman–Crippen LogP) is 0.776. The minimum absolute atomic E-state index is 0. The van der Waals surface area contributed by atoms with Crippen molar-refractivity contribution in [2.45, 2.75) is 6.42 Å². The molecule has 0 saturated carbocycles. The summed E-state index contributed by atoms with van der Waals surface area (Å²) in [5.74, 6) is -0.674. The SMILES string of the molecule is Fc1cccc(-c2nc3ccc(Cl)nc3o2)c1.O=C(Cc1ccc(Cl)nc1Cl)c1cccc(F)c1.O=CO[O-].[2H]CF.[H-].[Na+].[Na+]. The Kier molecular flexibility index (Phi) is 19.6. The van der Waals surface area contributed by atoms with Crippen LogP contribution in [0, 0.1) is 11.6 Å². The molecule has 0 fully saturated rings. The van der Waals surface area contributed by atoms with Gasteiger partial charge in [0, 0.05) is 17.5 Å². The van der Waals surface area contributed by atoms with Crippen LogP contribution in [0.2, 0.25) is 15.5 Å². The maximum absolute atomic E-state index is 13.1. The Morgan fingerprint density at radius 3 is 2.14 bits per heavy atom. The molecule has 43 heavy (non-hydrogen) atoms. The Balaban J connectivity index is 0. The number of nitrogens with zero attached hydrogens (tertiary/aromatic N) is 3. The number of hydrogen-bond donors (Lipinski definition) is 0. The quantitative estimate of drug-likeness (QED) is 0.0670. The molecular weight excluding hydrogens is 656 g/mol. The van der Waals surface area contributed by atoms with Crippen molar-refractivity contribution < 1.29 is 99.2 Å². The van der Waals surface area contributed by atoms with E-state index in [2.05, 4.69) is 19.8 Å². The van der Waals surface area contributed by atoms with Gasteiger partial charge < -0.3 is 16.0 Å². The number of carbonyl (C=O) groups is 2. The second-order valence-electron chi connectivity index (χ2n) is 7.37. The molecule has 216 valence electrons. The molecule has 3 heterocycles. The second kappa shape index (κ2) is 21.6. The van der Waals surface area contributed by atoms with Gasteiger partial charge in [0.25, 0.3) is 6.47 Å². The van der Waals surface area contributed by atoms with Crippen molar-refractivity contribution in [3.05, 3.63) is 111 Å². The molecule has 0 N–H and O–H groups in total. The van der Waals surface area contributed by atoms with Crippen LogP contribution < -0.4 is 64.4 Å². The summed E-state index contributed by atoms with van der Waals surface area (Å²) in [6.45, 7) is -0.181. The van der Waals surface area contributed by atoms with Gasteiger partial charge in [-0.2, -0.15) is 4.98 Å². The maximum Gasteiger partial charge on any atom is 1.00 e. The van der Waals surface area contributed by atoms with E-state index in [1.165, 1.54) is 30.3 Å². The number of rotatable bonds is 5. The molecule has 16 heteroatoms. The smallest absolute Gasteiger partial charge is 1.00 e. The fourth-order valence-corrected chi connectivity index (χ4v) is 3.60. The first kappa shape index (κ1) is 39.0. The van der Waals surface area contributed by atoms with Crippen molar-refractivity contribution in [2.24, 2.45) is 0 Å². The zero-order valence-electron chi connectivity index (χ0n) is 24.6. The summed E-state index contributed by atoms with van der Waals surface area (Å²) in [6, 6.07) is 18.1. The van der Waals surface area contributed by atoms with Crippen LogP contribution in [0.4, 0.5) is 13.2 Å². The van der Waals surface area contributed by atoms with Gasteiger partial charge in [-0.15, -0.1) is 0 Å². The molecule has 5 aromatic rings. The summed E-state index contributed by atoms with van der Waals surface area (Å²) in [5.41, 5.74) is 2.38. The van der Waals surface area contributed by atoms with Crippen molar-refractivity contribution in [2.75, 3.05) is 7.15 Å². The first-order valence-electron chi connectivity index (χ1n) is 11.7. The molecule has 0 atom stereocenters. The first-order chi connectivity index (χ1) is 20.1. The monoisotopic (exact) mass is 674 g/mol. The number of oxazole rings is 1. The summed E-state index contributed by atoms with van der Waals surface area (Å²) in [5, 5.41) is 9.22. The molecule has 0 radical (unpaired) electrons. The normalized spacial score (nSPS) is 9.60. The van der Waals surface area contributed by atoms with Gasteiger partial charge in [0.15, 0.2) is 5.78 Å². The van der Waals surface area contributed by atoms with E-state index in [1.54, 1.807) is 42.5 Å². The Hall–Kier alpha value is -2.03. The molecule has 0 aliphatic carbocycles. The van der Waals surface area contributed by atoms with Crippen molar-refractivity contribution in [3.63, 3.8) is 0 Å². The molecule has 0 unspecified atom stereocenters. The van der Waals surface area contributed by atoms with Crippen LogP contribution >= 0.6 is 34.8 Å². The van der Waals surface area contributed by atoms with E-state index in [0.717, 1.165) is 0 Å². The zero-order valence-corrected chi connectivity index (χ0v) is 28.8. The summed E-state index contributed by atoms with van der Waals surface area (Å²) in [7, 11) is -1.00. The van der Waals surface area contributed by atoms with E-state index in [9.17, 15) is 18.0 Å². The van der Waals surface area contributed by atoms with Crippen LogP contribution in [0.15, 0.2) is 77.2 Å². The molecule has 3 aromatic heterocycles. The van der Waals surface area contributed by atoms with Crippen molar-refractivity contribution in [1.82, 2.24) is 15.0 Å². The number of pyridine rings is 2. The molecule has 0 aliphatic rings. The summed E-state index contributed by atoms with van der Waals surface area (Å²) < 4.78 is 47.0. The summed E-state index contributed by atoms with van der Waals surface area (Å²) >= 11 is 17.3. The van der Waals surface area contributed by atoms with Gasteiger partial charge in [-0.05, 0) is 54.1 Å². The fraction of sp³-hybridized carbons (Fsp3) is 0.0741. The van der Waals surface area contributed by atoms with Crippen molar-refractivity contribution in [3.8, 4) is 11.5 Å². The zero-order chi connectivity index (χ0) is 31.1. The Labute approximate surface area is 305 Å². The van der Waals surface area contributed by atoms with Gasteiger partial charge >= 0.3 is 59.1 Å². The first-order valence-corrected chi connectivity index (χ1v) is 12.1. The minimum Gasteiger partial charge on any atom is -1.00 e. The molecule has 0 bridgehead atoms. The summed E-state index contributed by atoms with van der Waals surface area (Å²) in [6.07, 6.45) is 0.0620. The third kappa shape index (κ3) is 13.7. The van der Waals surface area contributed by atoms with Crippen LogP contribution in [0.3, 0.4) is 0 Å². The predicted molar refractivity (Wildman–Crippen MR) is 146 cm³/mol. The Morgan fingerprint density at radius 1 is 0.977 bits per heavy atom. The number of benzene rings is 2. The maximum atomic E-state index is 13.1. The van der Waals surface area contributed by atoms with Crippen LogP contribution in [0.5, 0.6) is 0 Å². The topological polar surface area (TPSA) is 118 Å². The number of ketones is 1.